The first-order valence-electron chi connectivity index (χ1n) is 7.79. The summed E-state index contributed by atoms with van der Waals surface area (Å²) in [6.45, 7) is 2.33. The summed E-state index contributed by atoms with van der Waals surface area (Å²) in [5.74, 6) is 0.961. The third-order valence-corrected chi connectivity index (χ3v) is 4.37. The number of methoxy groups -OCH3 is 1. The lowest BCUT2D eigenvalue weighted by atomic mass is 10.0. The molecule has 1 saturated heterocycles. The topological polar surface area (TPSA) is 12.5 Å². The van der Waals surface area contributed by atoms with Gasteiger partial charge in [0.25, 0.3) is 0 Å². The highest BCUT2D eigenvalue weighted by Gasteiger charge is 2.25. The molecule has 2 aromatic rings. The minimum Gasteiger partial charge on any atom is -0.497 e. The van der Waals surface area contributed by atoms with Crippen LogP contribution in [0.4, 0.5) is 0 Å². The van der Waals surface area contributed by atoms with Gasteiger partial charge in [-0.25, -0.2) is 0 Å². The van der Waals surface area contributed by atoms with Crippen molar-refractivity contribution in [1.29, 1.82) is 0 Å². The fourth-order valence-corrected chi connectivity index (χ4v) is 3.24. The van der Waals surface area contributed by atoms with E-state index in [-0.39, 0.29) is 0 Å². The Morgan fingerprint density at radius 2 is 1.95 bits per heavy atom. The zero-order valence-corrected chi connectivity index (χ0v) is 12.7. The number of benzene rings is 2. The minimum atomic E-state index is 0.545. The summed E-state index contributed by atoms with van der Waals surface area (Å²) >= 11 is 0. The van der Waals surface area contributed by atoms with Crippen LogP contribution in [0, 0.1) is 0 Å². The molecule has 1 aliphatic rings. The molecule has 0 amide bonds. The summed E-state index contributed by atoms with van der Waals surface area (Å²) in [6.07, 6.45) is 3.67. The summed E-state index contributed by atoms with van der Waals surface area (Å²) in [6, 6.07) is 19.8. The summed E-state index contributed by atoms with van der Waals surface area (Å²) in [5, 5.41) is 0. The summed E-state index contributed by atoms with van der Waals surface area (Å²) in [7, 11) is 1.74. The SMILES string of the molecule is COc1cccc(C2CCCN2CCc2ccccc2)c1. The van der Waals surface area contributed by atoms with E-state index in [9.17, 15) is 0 Å². The fraction of sp³-hybridized carbons (Fsp3) is 0.368. The lowest BCUT2D eigenvalue weighted by Crippen LogP contribution is -2.25. The molecule has 0 aliphatic carbocycles. The summed E-state index contributed by atoms with van der Waals surface area (Å²) in [4.78, 5) is 2.61. The van der Waals surface area contributed by atoms with E-state index >= 15 is 0 Å². The van der Waals surface area contributed by atoms with E-state index < -0.39 is 0 Å². The lowest BCUT2D eigenvalue weighted by Gasteiger charge is -2.25. The van der Waals surface area contributed by atoms with E-state index in [1.54, 1.807) is 7.11 Å². The van der Waals surface area contributed by atoms with Gasteiger partial charge in [0.05, 0.1) is 7.11 Å². The zero-order valence-electron chi connectivity index (χ0n) is 12.7. The van der Waals surface area contributed by atoms with Crippen LogP contribution in [0.15, 0.2) is 54.6 Å². The molecule has 0 N–H and O–H groups in total. The van der Waals surface area contributed by atoms with Gasteiger partial charge in [-0.15, -0.1) is 0 Å². The molecule has 0 aromatic heterocycles. The van der Waals surface area contributed by atoms with Gasteiger partial charge in [0.2, 0.25) is 0 Å². The largest absolute Gasteiger partial charge is 0.497 e. The Labute approximate surface area is 127 Å². The number of nitrogens with zero attached hydrogens (tertiary/aromatic N) is 1. The van der Waals surface area contributed by atoms with E-state index in [4.69, 9.17) is 4.74 Å². The number of ether oxygens (including phenoxy) is 1. The minimum absolute atomic E-state index is 0.545. The fourth-order valence-electron chi connectivity index (χ4n) is 3.24. The monoisotopic (exact) mass is 281 g/mol. The average molecular weight is 281 g/mol. The molecule has 0 bridgehead atoms. The van der Waals surface area contributed by atoms with Gasteiger partial charge in [-0.2, -0.15) is 0 Å². The van der Waals surface area contributed by atoms with Crippen LogP contribution in [0.5, 0.6) is 5.75 Å². The molecular weight excluding hydrogens is 258 g/mol. The smallest absolute Gasteiger partial charge is 0.119 e. The molecule has 110 valence electrons. The van der Waals surface area contributed by atoms with Crippen molar-refractivity contribution in [2.75, 3.05) is 20.2 Å². The zero-order chi connectivity index (χ0) is 14.5. The van der Waals surface area contributed by atoms with Crippen molar-refractivity contribution >= 4 is 0 Å². The summed E-state index contributed by atoms with van der Waals surface area (Å²) < 4.78 is 5.36. The van der Waals surface area contributed by atoms with Crippen LogP contribution in [-0.4, -0.2) is 25.1 Å². The Bertz CT molecular complexity index is 567. The number of hydrogen-bond acceptors (Lipinski definition) is 2. The predicted molar refractivity (Wildman–Crippen MR) is 86.7 cm³/mol. The van der Waals surface area contributed by atoms with Gasteiger partial charge in [0, 0.05) is 12.6 Å². The Kier molecular flexibility index (Phi) is 4.56. The maximum absolute atomic E-state index is 5.36. The van der Waals surface area contributed by atoms with Gasteiger partial charge in [-0.1, -0.05) is 42.5 Å². The van der Waals surface area contributed by atoms with Crippen molar-refractivity contribution in [3.8, 4) is 5.75 Å². The molecule has 1 unspecified atom stereocenters. The van der Waals surface area contributed by atoms with E-state index in [1.165, 1.54) is 30.5 Å². The predicted octanol–water partition coefficient (Wildman–Crippen LogP) is 4.07. The first kappa shape index (κ1) is 14.2. The third kappa shape index (κ3) is 3.45. The Morgan fingerprint density at radius 1 is 1.10 bits per heavy atom. The van der Waals surface area contributed by atoms with Gasteiger partial charge in [0.1, 0.15) is 5.75 Å². The van der Waals surface area contributed by atoms with Crippen LogP contribution in [0.1, 0.15) is 30.0 Å². The van der Waals surface area contributed by atoms with Crippen molar-refractivity contribution < 1.29 is 4.74 Å². The Hall–Kier alpha value is -1.80. The van der Waals surface area contributed by atoms with Crippen LogP contribution >= 0.6 is 0 Å². The van der Waals surface area contributed by atoms with Crippen molar-refractivity contribution in [3.05, 3.63) is 65.7 Å². The van der Waals surface area contributed by atoms with Gasteiger partial charge in [-0.3, -0.25) is 4.90 Å². The molecule has 0 spiro atoms. The van der Waals surface area contributed by atoms with Gasteiger partial charge in [0.15, 0.2) is 0 Å². The second-order valence-corrected chi connectivity index (χ2v) is 5.71. The van der Waals surface area contributed by atoms with E-state index in [1.807, 2.05) is 6.07 Å². The second kappa shape index (κ2) is 6.77. The maximum atomic E-state index is 5.36. The van der Waals surface area contributed by atoms with Gasteiger partial charge in [-0.05, 0) is 49.1 Å². The highest BCUT2D eigenvalue weighted by atomic mass is 16.5. The van der Waals surface area contributed by atoms with E-state index in [0.29, 0.717) is 6.04 Å². The molecule has 2 heteroatoms. The van der Waals surface area contributed by atoms with Crippen molar-refractivity contribution in [2.45, 2.75) is 25.3 Å². The van der Waals surface area contributed by atoms with Crippen molar-refractivity contribution in [3.63, 3.8) is 0 Å². The molecule has 1 fully saturated rings. The highest BCUT2D eigenvalue weighted by Crippen LogP contribution is 2.33. The normalized spacial score (nSPS) is 18.8. The van der Waals surface area contributed by atoms with Crippen LogP contribution in [0.25, 0.3) is 0 Å². The molecule has 2 aromatic carbocycles. The molecule has 3 rings (SSSR count). The van der Waals surface area contributed by atoms with Crippen LogP contribution < -0.4 is 4.74 Å². The Balaban J connectivity index is 1.67. The first-order chi connectivity index (χ1) is 10.4. The van der Waals surface area contributed by atoms with Crippen molar-refractivity contribution in [2.24, 2.45) is 0 Å². The molecule has 0 saturated carbocycles. The van der Waals surface area contributed by atoms with Crippen LogP contribution in [-0.2, 0) is 6.42 Å². The first-order valence-corrected chi connectivity index (χ1v) is 7.79. The molecule has 21 heavy (non-hydrogen) atoms. The van der Waals surface area contributed by atoms with E-state index in [2.05, 4.69) is 53.4 Å². The lowest BCUT2D eigenvalue weighted by molar-refractivity contribution is 0.260. The highest BCUT2D eigenvalue weighted by molar-refractivity contribution is 5.31. The molecule has 1 aliphatic heterocycles. The molecule has 2 nitrogen and oxygen atoms in total. The quantitative estimate of drug-likeness (QED) is 0.819. The van der Waals surface area contributed by atoms with E-state index in [0.717, 1.165) is 18.7 Å². The third-order valence-electron chi connectivity index (χ3n) is 4.37. The van der Waals surface area contributed by atoms with Crippen LogP contribution in [0.2, 0.25) is 0 Å². The molecule has 0 radical (unpaired) electrons. The van der Waals surface area contributed by atoms with Crippen LogP contribution in [0.3, 0.4) is 0 Å². The van der Waals surface area contributed by atoms with Crippen molar-refractivity contribution in [1.82, 2.24) is 4.90 Å². The van der Waals surface area contributed by atoms with Gasteiger partial charge < -0.3 is 4.74 Å². The molecular formula is C19H23NO. The Morgan fingerprint density at radius 3 is 2.76 bits per heavy atom. The average Bonchev–Trinajstić information content (AvgIpc) is 3.02. The second-order valence-electron chi connectivity index (χ2n) is 5.71. The summed E-state index contributed by atoms with van der Waals surface area (Å²) in [5.41, 5.74) is 2.81. The van der Waals surface area contributed by atoms with Gasteiger partial charge >= 0.3 is 0 Å². The standard InChI is InChI=1S/C19H23NO/c1-21-18-10-5-9-17(15-18)19-11-6-13-20(19)14-12-16-7-3-2-4-8-16/h2-5,7-10,15,19H,6,11-14H2,1H3. The number of rotatable bonds is 5. The molecule has 1 heterocycles. The number of likely N-dealkylation sites (tertiary alicyclic amines) is 1. The number of hydrogen-bond donors (Lipinski definition) is 0. The molecule has 1 atom stereocenters. The maximum Gasteiger partial charge on any atom is 0.119 e.